The van der Waals surface area contributed by atoms with Gasteiger partial charge in [-0.15, -0.1) is 23.7 Å². The molecule has 130 valence electrons. The van der Waals surface area contributed by atoms with Crippen molar-refractivity contribution >= 4 is 29.7 Å². The van der Waals surface area contributed by atoms with Gasteiger partial charge in [-0.1, -0.05) is 30.3 Å². The van der Waals surface area contributed by atoms with Crippen molar-refractivity contribution in [3.05, 3.63) is 41.3 Å². The van der Waals surface area contributed by atoms with E-state index >= 15 is 0 Å². The normalized spacial score (nSPS) is 16.8. The van der Waals surface area contributed by atoms with E-state index in [1.54, 1.807) is 0 Å². The molecule has 3 rings (SSSR count). The van der Waals surface area contributed by atoms with Gasteiger partial charge in [-0.05, 0) is 37.4 Å². The highest BCUT2D eigenvalue weighted by Crippen LogP contribution is 2.37. The minimum atomic E-state index is 0. The Labute approximate surface area is 153 Å². The van der Waals surface area contributed by atoms with E-state index in [0.717, 1.165) is 30.0 Å². The molecule has 4 nitrogen and oxygen atoms in total. The molecule has 24 heavy (non-hydrogen) atoms. The molecule has 0 aliphatic carbocycles. The maximum atomic E-state index is 12.9. The number of halogens is 1. The molecule has 1 aromatic heterocycles. The van der Waals surface area contributed by atoms with Gasteiger partial charge in [-0.3, -0.25) is 4.79 Å². The fraction of sp³-hybridized carbons (Fsp3) is 0.389. The first-order valence-corrected chi connectivity index (χ1v) is 8.86. The van der Waals surface area contributed by atoms with Crippen LogP contribution >= 0.6 is 23.7 Å². The van der Waals surface area contributed by atoms with Gasteiger partial charge in [0.2, 0.25) is 0 Å². The Morgan fingerprint density at radius 2 is 2.12 bits per heavy atom. The molecule has 0 saturated carbocycles. The Bertz CT molecular complexity index is 675. The van der Waals surface area contributed by atoms with E-state index in [2.05, 4.69) is 12.1 Å². The number of amides is 1. The largest absolute Gasteiger partial charge is 0.492 e. The average molecular weight is 367 g/mol. The minimum Gasteiger partial charge on any atom is -0.492 e. The Kier molecular flexibility index (Phi) is 6.66. The molecule has 1 fully saturated rings. The quantitative estimate of drug-likeness (QED) is 0.878. The first-order valence-electron chi connectivity index (χ1n) is 8.04. The number of hydrogen-bond donors (Lipinski definition) is 1. The summed E-state index contributed by atoms with van der Waals surface area (Å²) in [6, 6.07) is 12.1. The van der Waals surface area contributed by atoms with Gasteiger partial charge in [0.25, 0.3) is 5.91 Å². The number of rotatable bonds is 5. The second kappa shape index (κ2) is 8.51. The zero-order valence-electron chi connectivity index (χ0n) is 13.7. The molecule has 1 aliphatic heterocycles. The van der Waals surface area contributed by atoms with Gasteiger partial charge in [0, 0.05) is 18.0 Å². The van der Waals surface area contributed by atoms with Crippen molar-refractivity contribution in [3.63, 3.8) is 0 Å². The zero-order valence-corrected chi connectivity index (χ0v) is 15.4. The van der Waals surface area contributed by atoms with Gasteiger partial charge < -0.3 is 15.4 Å². The van der Waals surface area contributed by atoms with Crippen LogP contribution in [0.15, 0.2) is 36.4 Å². The van der Waals surface area contributed by atoms with Gasteiger partial charge >= 0.3 is 0 Å². The molecule has 0 radical (unpaired) electrons. The second-order valence-electron chi connectivity index (χ2n) is 5.74. The lowest BCUT2D eigenvalue weighted by atomic mass is 10.1. The maximum Gasteiger partial charge on any atom is 0.267 e. The third-order valence-electron chi connectivity index (χ3n) is 4.16. The maximum absolute atomic E-state index is 12.9. The lowest BCUT2D eigenvalue weighted by molar-refractivity contribution is 0.0788. The molecular formula is C18H23ClN2O2S. The summed E-state index contributed by atoms with van der Waals surface area (Å²) < 4.78 is 5.71. The van der Waals surface area contributed by atoms with Gasteiger partial charge in [0.05, 0.1) is 6.61 Å². The SMILES string of the molecule is CCOc1cc(-c2ccccc2)sc1C(=O)N1CCC(CN)C1.Cl. The van der Waals surface area contributed by atoms with Crippen molar-refractivity contribution in [2.45, 2.75) is 13.3 Å². The molecule has 0 spiro atoms. The van der Waals surface area contributed by atoms with E-state index in [0.29, 0.717) is 29.7 Å². The molecule has 1 aromatic carbocycles. The monoisotopic (exact) mass is 366 g/mol. The summed E-state index contributed by atoms with van der Waals surface area (Å²) in [6.45, 7) is 4.66. The predicted octanol–water partition coefficient (Wildman–Crippen LogP) is 3.66. The number of nitrogens with two attached hydrogens (primary N) is 1. The van der Waals surface area contributed by atoms with Crippen LogP contribution in [0.3, 0.4) is 0 Å². The smallest absolute Gasteiger partial charge is 0.267 e. The summed E-state index contributed by atoms with van der Waals surface area (Å²) in [6.07, 6.45) is 0.989. The van der Waals surface area contributed by atoms with Crippen molar-refractivity contribution < 1.29 is 9.53 Å². The molecule has 2 N–H and O–H groups in total. The zero-order chi connectivity index (χ0) is 16.2. The fourth-order valence-electron chi connectivity index (χ4n) is 2.88. The molecule has 2 aromatic rings. The average Bonchev–Trinajstić information content (AvgIpc) is 3.22. The van der Waals surface area contributed by atoms with Gasteiger partial charge in [0.1, 0.15) is 10.6 Å². The Morgan fingerprint density at radius 1 is 1.38 bits per heavy atom. The number of carbonyl (C=O) groups is 1. The number of thiophene rings is 1. The first kappa shape index (κ1) is 18.8. The van der Waals surface area contributed by atoms with Crippen LogP contribution in [-0.4, -0.2) is 37.0 Å². The van der Waals surface area contributed by atoms with Crippen LogP contribution in [0.4, 0.5) is 0 Å². The number of carbonyl (C=O) groups excluding carboxylic acids is 1. The van der Waals surface area contributed by atoms with Crippen molar-refractivity contribution in [1.82, 2.24) is 4.90 Å². The highest BCUT2D eigenvalue weighted by molar-refractivity contribution is 7.17. The first-order chi connectivity index (χ1) is 11.2. The highest BCUT2D eigenvalue weighted by Gasteiger charge is 2.29. The van der Waals surface area contributed by atoms with Crippen LogP contribution in [0.2, 0.25) is 0 Å². The minimum absolute atomic E-state index is 0. The van der Waals surface area contributed by atoms with Crippen LogP contribution in [0.25, 0.3) is 10.4 Å². The van der Waals surface area contributed by atoms with Crippen LogP contribution in [-0.2, 0) is 0 Å². The van der Waals surface area contributed by atoms with Gasteiger partial charge in [-0.2, -0.15) is 0 Å². The van der Waals surface area contributed by atoms with Crippen LogP contribution < -0.4 is 10.5 Å². The highest BCUT2D eigenvalue weighted by atomic mass is 35.5. The van der Waals surface area contributed by atoms with E-state index in [4.69, 9.17) is 10.5 Å². The van der Waals surface area contributed by atoms with E-state index in [-0.39, 0.29) is 18.3 Å². The summed E-state index contributed by atoms with van der Waals surface area (Å²) >= 11 is 1.51. The third kappa shape index (κ3) is 3.91. The standard InChI is InChI=1S/C18H22N2O2S.ClH/c1-2-22-15-10-16(14-6-4-3-5-7-14)23-17(15)18(21)20-9-8-13(11-19)12-20;/h3-7,10,13H,2,8-9,11-12,19H2,1H3;1H. The number of benzene rings is 1. The Balaban J connectivity index is 0.00000208. The topological polar surface area (TPSA) is 55.6 Å². The van der Waals surface area contributed by atoms with Crippen LogP contribution in [0, 0.1) is 5.92 Å². The van der Waals surface area contributed by atoms with Crippen molar-refractivity contribution in [3.8, 4) is 16.2 Å². The summed E-state index contributed by atoms with van der Waals surface area (Å²) in [5.41, 5.74) is 6.84. The van der Waals surface area contributed by atoms with E-state index < -0.39 is 0 Å². The molecule has 1 unspecified atom stereocenters. The molecular weight excluding hydrogens is 344 g/mol. The lowest BCUT2D eigenvalue weighted by Crippen LogP contribution is -2.29. The summed E-state index contributed by atoms with van der Waals surface area (Å²) in [4.78, 5) is 16.5. The molecule has 2 heterocycles. The molecule has 6 heteroatoms. The predicted molar refractivity (Wildman–Crippen MR) is 101 cm³/mol. The van der Waals surface area contributed by atoms with Gasteiger partial charge in [-0.25, -0.2) is 0 Å². The summed E-state index contributed by atoms with van der Waals surface area (Å²) in [5.74, 6) is 1.18. The fourth-order valence-corrected chi connectivity index (χ4v) is 3.96. The molecule has 1 aliphatic rings. The number of likely N-dealkylation sites (tertiary alicyclic amines) is 1. The van der Waals surface area contributed by atoms with Crippen molar-refractivity contribution in [2.24, 2.45) is 11.7 Å². The third-order valence-corrected chi connectivity index (χ3v) is 5.31. The molecule has 1 amide bonds. The van der Waals surface area contributed by atoms with E-state index in [9.17, 15) is 4.79 Å². The van der Waals surface area contributed by atoms with Crippen LogP contribution in [0.1, 0.15) is 23.0 Å². The molecule has 1 atom stereocenters. The van der Waals surface area contributed by atoms with Gasteiger partial charge in [0.15, 0.2) is 0 Å². The summed E-state index contributed by atoms with van der Waals surface area (Å²) in [7, 11) is 0. The van der Waals surface area contributed by atoms with Crippen molar-refractivity contribution in [2.75, 3.05) is 26.2 Å². The van der Waals surface area contributed by atoms with Crippen molar-refractivity contribution in [1.29, 1.82) is 0 Å². The van der Waals surface area contributed by atoms with Crippen LogP contribution in [0.5, 0.6) is 5.75 Å². The molecule has 1 saturated heterocycles. The number of nitrogens with zero attached hydrogens (tertiary/aromatic N) is 1. The number of hydrogen-bond acceptors (Lipinski definition) is 4. The Morgan fingerprint density at radius 3 is 2.75 bits per heavy atom. The van der Waals surface area contributed by atoms with E-state index in [1.165, 1.54) is 11.3 Å². The number of ether oxygens (including phenoxy) is 1. The lowest BCUT2D eigenvalue weighted by Gasteiger charge is -2.16. The Hall–Kier alpha value is -1.56. The summed E-state index contributed by atoms with van der Waals surface area (Å²) in [5, 5.41) is 0. The second-order valence-corrected chi connectivity index (χ2v) is 6.80. The van der Waals surface area contributed by atoms with E-state index in [1.807, 2.05) is 36.1 Å². The molecule has 0 bridgehead atoms.